The van der Waals surface area contributed by atoms with Crippen LogP contribution in [0.1, 0.15) is 18.4 Å². The first-order valence-electron chi connectivity index (χ1n) is 5.83. The van der Waals surface area contributed by atoms with Crippen molar-refractivity contribution in [3.63, 3.8) is 0 Å². The molecule has 0 saturated carbocycles. The van der Waals surface area contributed by atoms with Crippen molar-refractivity contribution in [1.29, 1.82) is 0 Å². The third-order valence-corrected chi connectivity index (χ3v) is 3.37. The molecule has 94 valence electrons. The highest BCUT2D eigenvalue weighted by Crippen LogP contribution is 2.26. The van der Waals surface area contributed by atoms with Gasteiger partial charge in [0.25, 0.3) is 0 Å². The van der Waals surface area contributed by atoms with Crippen molar-refractivity contribution >= 4 is 0 Å². The van der Waals surface area contributed by atoms with Gasteiger partial charge in [-0.2, -0.15) is 0 Å². The van der Waals surface area contributed by atoms with Crippen molar-refractivity contribution in [2.75, 3.05) is 20.1 Å². The fourth-order valence-electron chi connectivity index (χ4n) is 2.30. The maximum Gasteiger partial charge on any atom is 0.126 e. The average molecular weight is 241 g/mol. The fourth-order valence-corrected chi connectivity index (χ4v) is 2.30. The van der Waals surface area contributed by atoms with E-state index in [0.29, 0.717) is 24.8 Å². The van der Waals surface area contributed by atoms with Gasteiger partial charge in [-0.05, 0) is 37.6 Å². The smallest absolute Gasteiger partial charge is 0.126 e. The number of halogens is 2. The molecule has 0 aliphatic carbocycles. The molecule has 17 heavy (non-hydrogen) atoms. The van der Waals surface area contributed by atoms with Gasteiger partial charge < -0.3 is 10.0 Å². The molecule has 1 heterocycles. The summed E-state index contributed by atoms with van der Waals surface area (Å²) in [7, 11) is 2.00. The summed E-state index contributed by atoms with van der Waals surface area (Å²) in [5.74, 6) is -1.17. The summed E-state index contributed by atoms with van der Waals surface area (Å²) in [5, 5.41) is 10.4. The summed E-state index contributed by atoms with van der Waals surface area (Å²) in [4.78, 5) is 2.14. The Labute approximate surface area is 99.9 Å². The molecule has 0 aromatic heterocycles. The zero-order valence-electron chi connectivity index (χ0n) is 9.92. The van der Waals surface area contributed by atoms with Crippen molar-refractivity contribution in [1.82, 2.24) is 4.90 Å². The highest BCUT2D eigenvalue weighted by Gasteiger charge is 2.31. The predicted molar refractivity (Wildman–Crippen MR) is 61.7 cm³/mol. The second kappa shape index (κ2) is 4.70. The van der Waals surface area contributed by atoms with Gasteiger partial charge in [0, 0.05) is 25.6 Å². The van der Waals surface area contributed by atoms with Gasteiger partial charge in [-0.3, -0.25) is 0 Å². The maximum absolute atomic E-state index is 13.0. The topological polar surface area (TPSA) is 23.5 Å². The number of piperidine rings is 1. The van der Waals surface area contributed by atoms with Gasteiger partial charge in [-0.25, -0.2) is 8.78 Å². The lowest BCUT2D eigenvalue weighted by molar-refractivity contribution is -0.0151. The number of likely N-dealkylation sites (tertiary alicyclic amines) is 1. The van der Waals surface area contributed by atoms with Crippen LogP contribution in [-0.2, 0) is 6.42 Å². The number of benzene rings is 1. The second-order valence-corrected chi connectivity index (χ2v) is 4.98. The van der Waals surface area contributed by atoms with Gasteiger partial charge in [0.1, 0.15) is 11.6 Å². The standard InChI is InChI=1S/C13H17F2NO/c1-16-4-2-13(17,3-5-16)9-10-6-11(14)8-12(15)7-10/h6-8,17H,2-5,9H2,1H3. The largest absolute Gasteiger partial charge is 0.389 e. The highest BCUT2D eigenvalue weighted by molar-refractivity contribution is 5.20. The van der Waals surface area contributed by atoms with Crippen molar-refractivity contribution in [3.8, 4) is 0 Å². The minimum absolute atomic E-state index is 0.315. The second-order valence-electron chi connectivity index (χ2n) is 4.98. The van der Waals surface area contributed by atoms with E-state index in [1.54, 1.807) is 0 Å². The molecular formula is C13H17F2NO. The first-order chi connectivity index (χ1) is 7.97. The molecule has 0 bridgehead atoms. The SMILES string of the molecule is CN1CCC(O)(Cc2cc(F)cc(F)c2)CC1. The van der Waals surface area contributed by atoms with Crippen LogP contribution < -0.4 is 0 Å². The number of aliphatic hydroxyl groups is 1. The van der Waals surface area contributed by atoms with Gasteiger partial charge in [0.15, 0.2) is 0 Å². The Morgan fingerprint density at radius 1 is 1.18 bits per heavy atom. The van der Waals surface area contributed by atoms with Gasteiger partial charge in [0.2, 0.25) is 0 Å². The Bertz CT molecular complexity index is 380. The average Bonchev–Trinajstić information content (AvgIpc) is 2.21. The van der Waals surface area contributed by atoms with Gasteiger partial charge >= 0.3 is 0 Å². The maximum atomic E-state index is 13.0. The van der Waals surface area contributed by atoms with Gasteiger partial charge in [-0.15, -0.1) is 0 Å². The van der Waals surface area contributed by atoms with E-state index in [-0.39, 0.29) is 0 Å². The summed E-state index contributed by atoms with van der Waals surface area (Å²) in [6.07, 6.45) is 1.60. The monoisotopic (exact) mass is 241 g/mol. The predicted octanol–water partition coefficient (Wildman–Crippen LogP) is 1.96. The first kappa shape index (κ1) is 12.5. The van der Waals surface area contributed by atoms with Crippen LogP contribution in [0.3, 0.4) is 0 Å². The molecule has 2 nitrogen and oxygen atoms in total. The fraction of sp³-hybridized carbons (Fsp3) is 0.538. The Kier molecular flexibility index (Phi) is 3.45. The minimum atomic E-state index is -0.827. The van der Waals surface area contributed by atoms with E-state index in [0.717, 1.165) is 19.2 Å². The Balaban J connectivity index is 2.09. The molecule has 1 aliphatic heterocycles. The Morgan fingerprint density at radius 2 is 1.71 bits per heavy atom. The quantitative estimate of drug-likeness (QED) is 0.855. The molecule has 0 unspecified atom stereocenters. The molecule has 0 spiro atoms. The van der Waals surface area contributed by atoms with Crippen LogP contribution in [0.25, 0.3) is 0 Å². The van der Waals surface area contributed by atoms with Crippen molar-refractivity contribution < 1.29 is 13.9 Å². The normalized spacial score (nSPS) is 20.5. The zero-order valence-corrected chi connectivity index (χ0v) is 9.92. The van der Waals surface area contributed by atoms with E-state index in [1.807, 2.05) is 7.05 Å². The van der Waals surface area contributed by atoms with E-state index in [1.165, 1.54) is 12.1 Å². The molecule has 1 N–H and O–H groups in total. The van der Waals surface area contributed by atoms with Crippen molar-refractivity contribution in [2.45, 2.75) is 24.9 Å². The molecule has 4 heteroatoms. The third kappa shape index (κ3) is 3.23. The number of nitrogens with zero attached hydrogens (tertiary/aromatic N) is 1. The molecule has 0 radical (unpaired) electrons. The van der Waals surface area contributed by atoms with E-state index < -0.39 is 17.2 Å². The van der Waals surface area contributed by atoms with Crippen molar-refractivity contribution in [3.05, 3.63) is 35.4 Å². The summed E-state index contributed by atoms with van der Waals surface area (Å²) >= 11 is 0. The molecular weight excluding hydrogens is 224 g/mol. The van der Waals surface area contributed by atoms with Crippen LogP contribution in [0.5, 0.6) is 0 Å². The number of hydrogen-bond acceptors (Lipinski definition) is 2. The highest BCUT2D eigenvalue weighted by atomic mass is 19.1. The van der Waals surface area contributed by atoms with E-state index in [4.69, 9.17) is 0 Å². The summed E-state index contributed by atoms with van der Waals surface area (Å²) < 4.78 is 26.1. The molecule has 0 atom stereocenters. The van der Waals surface area contributed by atoms with E-state index in [2.05, 4.69) is 4.90 Å². The third-order valence-electron chi connectivity index (χ3n) is 3.37. The van der Waals surface area contributed by atoms with E-state index in [9.17, 15) is 13.9 Å². The van der Waals surface area contributed by atoms with Gasteiger partial charge in [0.05, 0.1) is 5.60 Å². The number of rotatable bonds is 2. The minimum Gasteiger partial charge on any atom is -0.389 e. The van der Waals surface area contributed by atoms with Crippen LogP contribution in [0, 0.1) is 11.6 Å². The molecule has 0 amide bonds. The van der Waals surface area contributed by atoms with Crippen LogP contribution in [-0.4, -0.2) is 35.7 Å². The molecule has 1 aromatic rings. The van der Waals surface area contributed by atoms with E-state index >= 15 is 0 Å². The molecule has 1 saturated heterocycles. The number of hydrogen-bond donors (Lipinski definition) is 1. The lowest BCUT2D eigenvalue weighted by Crippen LogP contribution is -2.44. The summed E-state index contributed by atoms with van der Waals surface area (Å²) in [5.41, 5.74) is -0.304. The van der Waals surface area contributed by atoms with Crippen LogP contribution in [0.4, 0.5) is 8.78 Å². The van der Waals surface area contributed by atoms with Crippen LogP contribution in [0.2, 0.25) is 0 Å². The Morgan fingerprint density at radius 3 is 2.24 bits per heavy atom. The molecule has 1 aromatic carbocycles. The van der Waals surface area contributed by atoms with Gasteiger partial charge in [-0.1, -0.05) is 0 Å². The lowest BCUT2D eigenvalue weighted by Gasteiger charge is -2.36. The molecule has 2 rings (SSSR count). The summed E-state index contributed by atoms with van der Waals surface area (Å²) in [6, 6.07) is 3.43. The first-order valence-corrected chi connectivity index (χ1v) is 5.83. The van der Waals surface area contributed by atoms with Crippen LogP contribution in [0.15, 0.2) is 18.2 Å². The van der Waals surface area contributed by atoms with Crippen LogP contribution >= 0.6 is 0 Å². The summed E-state index contributed by atoms with van der Waals surface area (Å²) in [6.45, 7) is 1.63. The van der Waals surface area contributed by atoms with Crippen molar-refractivity contribution in [2.24, 2.45) is 0 Å². The lowest BCUT2D eigenvalue weighted by atomic mass is 9.85. The zero-order chi connectivity index (χ0) is 12.5. The molecule has 1 aliphatic rings. The Hall–Kier alpha value is -1.00. The molecule has 1 fully saturated rings.